The van der Waals surface area contributed by atoms with Crippen molar-refractivity contribution in [1.29, 1.82) is 0 Å². The van der Waals surface area contributed by atoms with E-state index < -0.39 is 5.60 Å². The van der Waals surface area contributed by atoms with Gasteiger partial charge in [-0.1, -0.05) is 46.8 Å². The van der Waals surface area contributed by atoms with Crippen LogP contribution >= 0.6 is 0 Å². The first-order chi connectivity index (χ1) is 15.8. The summed E-state index contributed by atoms with van der Waals surface area (Å²) >= 11 is 0. The van der Waals surface area contributed by atoms with Gasteiger partial charge in [-0.15, -0.1) is 0 Å². The second-order valence-electron chi connectivity index (χ2n) is 14.3. The maximum absolute atomic E-state index is 12.2. The number of carbonyl (C=O) groups excluding carboxylic acids is 1. The van der Waals surface area contributed by atoms with E-state index in [-0.39, 0.29) is 5.97 Å². The molecule has 0 aromatic heterocycles. The average molecular weight is 473 g/mol. The Labute approximate surface area is 209 Å². The molecule has 0 radical (unpaired) electrons. The van der Waals surface area contributed by atoms with E-state index in [0.29, 0.717) is 39.9 Å². The molecule has 194 valence electrons. The van der Waals surface area contributed by atoms with Crippen molar-refractivity contribution in [2.75, 3.05) is 7.11 Å². The minimum atomic E-state index is -0.723. The summed E-state index contributed by atoms with van der Waals surface area (Å²) in [5.41, 5.74) is 0.897. The predicted octanol–water partition coefficient (Wildman–Crippen LogP) is 7.57. The van der Waals surface area contributed by atoms with E-state index >= 15 is 0 Å². The third-order valence-electron chi connectivity index (χ3n) is 12.1. The molecule has 0 saturated heterocycles. The van der Waals surface area contributed by atoms with E-state index in [2.05, 4.69) is 40.7 Å². The molecule has 0 bridgehead atoms. The molecule has 4 aliphatic carbocycles. The van der Waals surface area contributed by atoms with Crippen LogP contribution in [-0.2, 0) is 9.53 Å². The van der Waals surface area contributed by atoms with Crippen molar-refractivity contribution in [2.24, 2.45) is 51.2 Å². The Balaban J connectivity index is 1.58. The monoisotopic (exact) mass is 472 g/mol. The van der Waals surface area contributed by atoms with Crippen molar-refractivity contribution in [2.45, 2.75) is 118 Å². The van der Waals surface area contributed by atoms with Crippen molar-refractivity contribution in [1.82, 2.24) is 0 Å². The molecule has 8 atom stereocenters. The van der Waals surface area contributed by atoms with E-state index in [1.165, 1.54) is 52.1 Å². The van der Waals surface area contributed by atoms with E-state index in [9.17, 15) is 9.90 Å². The van der Waals surface area contributed by atoms with Gasteiger partial charge in [0.2, 0.25) is 0 Å². The number of aliphatic hydroxyl groups is 1. The highest BCUT2D eigenvalue weighted by molar-refractivity contribution is 5.69. The number of allylic oxidation sites excluding steroid dienone is 1. The van der Waals surface area contributed by atoms with Gasteiger partial charge in [0.1, 0.15) is 0 Å². The van der Waals surface area contributed by atoms with Crippen LogP contribution < -0.4 is 0 Å². The lowest BCUT2D eigenvalue weighted by Crippen LogP contribution is -2.54. The van der Waals surface area contributed by atoms with Crippen LogP contribution in [0.25, 0.3) is 0 Å². The third kappa shape index (κ3) is 3.82. The van der Waals surface area contributed by atoms with Gasteiger partial charge in [0.25, 0.3) is 0 Å². The van der Waals surface area contributed by atoms with Crippen molar-refractivity contribution in [3.05, 3.63) is 12.2 Å². The van der Waals surface area contributed by atoms with E-state index in [1.54, 1.807) is 0 Å². The van der Waals surface area contributed by atoms with Crippen LogP contribution in [-0.4, -0.2) is 23.8 Å². The number of rotatable bonds is 8. The number of methoxy groups -OCH3 is 1. The zero-order valence-electron chi connectivity index (χ0n) is 23.4. The minimum absolute atomic E-state index is 0.0261. The molecule has 4 fully saturated rings. The average Bonchev–Trinajstić information content (AvgIpc) is 3.34. The zero-order chi connectivity index (χ0) is 25.2. The second kappa shape index (κ2) is 8.63. The summed E-state index contributed by atoms with van der Waals surface area (Å²) < 4.78 is 5.07. The largest absolute Gasteiger partial charge is 0.469 e. The highest BCUT2D eigenvalue weighted by Crippen LogP contribution is 2.87. The molecule has 34 heavy (non-hydrogen) atoms. The summed E-state index contributed by atoms with van der Waals surface area (Å²) in [4.78, 5) is 12.2. The van der Waals surface area contributed by atoms with Crippen LogP contribution in [0.4, 0.5) is 0 Å². The summed E-state index contributed by atoms with van der Waals surface area (Å²) in [5.74, 6) is 3.63. The molecule has 1 spiro atoms. The topological polar surface area (TPSA) is 46.5 Å². The van der Waals surface area contributed by atoms with Gasteiger partial charge in [-0.25, -0.2) is 0 Å². The second-order valence-corrected chi connectivity index (χ2v) is 14.3. The molecule has 0 aliphatic heterocycles. The molecular formula is C31H52O3. The fraction of sp³-hybridized carbons (Fsp3) is 0.903. The van der Waals surface area contributed by atoms with E-state index in [1.807, 2.05) is 19.9 Å². The molecule has 3 nitrogen and oxygen atoms in total. The molecule has 1 N–H and O–H groups in total. The molecule has 0 amide bonds. The van der Waals surface area contributed by atoms with Crippen LogP contribution in [0.2, 0.25) is 0 Å². The Morgan fingerprint density at radius 1 is 1.06 bits per heavy atom. The maximum atomic E-state index is 12.2. The molecule has 4 aliphatic rings. The fourth-order valence-corrected chi connectivity index (χ4v) is 10.4. The van der Waals surface area contributed by atoms with Gasteiger partial charge in [0.05, 0.1) is 12.7 Å². The molecule has 4 rings (SSSR count). The summed E-state index contributed by atoms with van der Waals surface area (Å²) in [7, 11) is 1.54. The van der Waals surface area contributed by atoms with Crippen LogP contribution in [0.3, 0.4) is 0 Å². The van der Waals surface area contributed by atoms with Crippen LogP contribution in [0.5, 0.6) is 0 Å². The fourth-order valence-electron chi connectivity index (χ4n) is 10.4. The summed E-state index contributed by atoms with van der Waals surface area (Å²) in [6.45, 7) is 16.3. The van der Waals surface area contributed by atoms with Gasteiger partial charge in [-0.2, -0.15) is 0 Å². The molecule has 8 unspecified atom stereocenters. The van der Waals surface area contributed by atoms with Crippen molar-refractivity contribution in [3.8, 4) is 0 Å². The minimum Gasteiger partial charge on any atom is -0.469 e. The number of esters is 1. The number of fused-ring (bicyclic) bond motifs is 2. The van der Waals surface area contributed by atoms with Crippen molar-refractivity contribution >= 4 is 5.97 Å². The first-order valence-corrected chi connectivity index (χ1v) is 14.2. The Bertz CT molecular complexity index is 808. The number of hydrogen-bond acceptors (Lipinski definition) is 3. The molecule has 0 aromatic rings. The lowest BCUT2D eigenvalue weighted by Gasteiger charge is -2.61. The Morgan fingerprint density at radius 3 is 2.38 bits per heavy atom. The summed E-state index contributed by atoms with van der Waals surface area (Å²) in [5, 5.41) is 10.1. The van der Waals surface area contributed by atoms with E-state index in [0.717, 1.165) is 30.6 Å². The number of ether oxygens (including phenoxy) is 1. The van der Waals surface area contributed by atoms with Gasteiger partial charge in [-0.05, 0) is 123 Å². The lowest BCUT2D eigenvalue weighted by atomic mass is 9.43. The Morgan fingerprint density at radius 2 is 1.76 bits per heavy atom. The first-order valence-electron chi connectivity index (χ1n) is 14.2. The molecule has 4 saturated carbocycles. The van der Waals surface area contributed by atoms with E-state index in [4.69, 9.17) is 4.74 Å². The van der Waals surface area contributed by atoms with Crippen LogP contribution in [0.1, 0.15) is 113 Å². The van der Waals surface area contributed by atoms with Crippen LogP contribution in [0.15, 0.2) is 12.2 Å². The van der Waals surface area contributed by atoms with Gasteiger partial charge >= 0.3 is 5.97 Å². The maximum Gasteiger partial charge on any atom is 0.305 e. The molecular weight excluding hydrogens is 420 g/mol. The highest BCUT2D eigenvalue weighted by atomic mass is 16.5. The zero-order valence-corrected chi connectivity index (χ0v) is 23.4. The van der Waals surface area contributed by atoms with Crippen molar-refractivity contribution < 1.29 is 14.6 Å². The smallest absolute Gasteiger partial charge is 0.305 e. The quantitative estimate of drug-likeness (QED) is 0.293. The third-order valence-corrected chi connectivity index (χ3v) is 12.1. The van der Waals surface area contributed by atoms with Gasteiger partial charge < -0.3 is 9.84 Å². The Kier molecular flexibility index (Phi) is 6.66. The lowest BCUT2D eigenvalue weighted by molar-refractivity contribution is -0.144. The number of hydrogen-bond donors (Lipinski definition) is 1. The predicted molar refractivity (Wildman–Crippen MR) is 139 cm³/mol. The molecule has 0 aromatic carbocycles. The highest BCUT2D eigenvalue weighted by Gasteiger charge is 2.80. The molecule has 0 heterocycles. The normalized spacial score (nSPS) is 44.5. The number of carbonyl (C=O) groups is 1. The summed E-state index contributed by atoms with van der Waals surface area (Å²) in [6.07, 6.45) is 16.4. The van der Waals surface area contributed by atoms with Gasteiger partial charge in [0, 0.05) is 6.42 Å². The SMILES string of the molecule is COC(=O)CCC12CC13CCC1(C)C(C(C)CC=CC(C)(C)O)CCC1(C)C3CCC2C(C)C. The van der Waals surface area contributed by atoms with Crippen molar-refractivity contribution in [3.63, 3.8) is 0 Å². The Hall–Kier alpha value is -0.830. The summed E-state index contributed by atoms with van der Waals surface area (Å²) in [6, 6.07) is 0. The first kappa shape index (κ1) is 26.2. The van der Waals surface area contributed by atoms with Gasteiger partial charge in [-0.3, -0.25) is 4.79 Å². The standard InChI is InChI=1S/C31H52O3/c1-21(2)23-11-12-25-29(7)16-13-24(22(3)10-9-15-27(4,5)33)28(29,6)18-19-31(25)20-30(23,31)17-14-26(32)34-8/h9,15,21-25,33H,10-14,16-20H2,1-8H3. The van der Waals surface area contributed by atoms with Crippen LogP contribution in [0, 0.1) is 51.2 Å². The van der Waals surface area contributed by atoms with Gasteiger partial charge in [0.15, 0.2) is 0 Å². The molecule has 3 heteroatoms.